The van der Waals surface area contributed by atoms with Crippen LogP contribution >= 0.6 is 0 Å². The van der Waals surface area contributed by atoms with Crippen LogP contribution in [0.1, 0.15) is 32.1 Å². The van der Waals surface area contributed by atoms with Crippen LogP contribution < -0.4 is 10.5 Å². The maximum absolute atomic E-state index is 12.5. The topological polar surface area (TPSA) is 69.4 Å². The highest BCUT2D eigenvalue weighted by Gasteiger charge is 2.28. The lowest BCUT2D eigenvalue weighted by Crippen LogP contribution is -2.38. The van der Waals surface area contributed by atoms with E-state index in [1.54, 1.807) is 24.3 Å². The first-order valence-electron chi connectivity index (χ1n) is 7.16. The number of benzene rings is 1. The summed E-state index contributed by atoms with van der Waals surface area (Å²) in [6.45, 7) is 0. The molecular weight excluding hydrogens is 274 g/mol. The van der Waals surface area contributed by atoms with Gasteiger partial charge in [0.1, 0.15) is 10.6 Å². The first-order chi connectivity index (χ1) is 9.54. The van der Waals surface area contributed by atoms with Crippen LogP contribution in [0.2, 0.25) is 0 Å². The highest BCUT2D eigenvalue weighted by molar-refractivity contribution is 7.91. The summed E-state index contributed by atoms with van der Waals surface area (Å²) in [5, 5.41) is 0. The fraction of sp³-hybridized carbons (Fsp3) is 0.600. The van der Waals surface area contributed by atoms with Crippen LogP contribution in [-0.4, -0.2) is 27.3 Å². The van der Waals surface area contributed by atoms with Crippen LogP contribution in [-0.2, 0) is 9.84 Å². The fourth-order valence-electron chi connectivity index (χ4n) is 2.92. The first kappa shape index (κ1) is 15.3. The number of ether oxygens (including phenoxy) is 1. The van der Waals surface area contributed by atoms with Gasteiger partial charge in [0, 0.05) is 6.04 Å². The maximum atomic E-state index is 12.5. The smallest absolute Gasteiger partial charge is 0.183 e. The molecule has 2 N–H and O–H groups in total. The van der Waals surface area contributed by atoms with Crippen LogP contribution in [0.5, 0.6) is 5.75 Å². The number of methoxy groups -OCH3 is 1. The van der Waals surface area contributed by atoms with E-state index < -0.39 is 9.84 Å². The van der Waals surface area contributed by atoms with Crippen molar-refractivity contribution in [1.82, 2.24) is 0 Å². The molecule has 1 atom stereocenters. The van der Waals surface area contributed by atoms with Crippen molar-refractivity contribution >= 4 is 9.84 Å². The van der Waals surface area contributed by atoms with Crippen LogP contribution in [0, 0.1) is 5.92 Å². The summed E-state index contributed by atoms with van der Waals surface area (Å²) in [5.74, 6) is 0.717. The van der Waals surface area contributed by atoms with E-state index >= 15 is 0 Å². The summed E-state index contributed by atoms with van der Waals surface area (Å²) >= 11 is 0. The number of sulfone groups is 1. The molecule has 2 rings (SSSR count). The Morgan fingerprint density at radius 3 is 2.55 bits per heavy atom. The molecule has 1 aliphatic carbocycles. The zero-order chi connectivity index (χ0) is 14.6. The maximum Gasteiger partial charge on any atom is 0.183 e. The lowest BCUT2D eigenvalue weighted by Gasteiger charge is -2.27. The molecule has 1 fully saturated rings. The second kappa shape index (κ2) is 6.59. The van der Waals surface area contributed by atoms with Gasteiger partial charge in [-0.15, -0.1) is 0 Å². The molecule has 112 valence electrons. The average molecular weight is 297 g/mol. The van der Waals surface area contributed by atoms with Crippen LogP contribution in [0.15, 0.2) is 29.2 Å². The van der Waals surface area contributed by atoms with Gasteiger partial charge in [0.25, 0.3) is 0 Å². The molecule has 5 heteroatoms. The molecule has 1 aromatic rings. The monoisotopic (exact) mass is 297 g/mol. The number of rotatable bonds is 5. The SMILES string of the molecule is COc1ccccc1S(=O)(=O)CC(N)C1CCCCC1. The van der Waals surface area contributed by atoms with Crippen molar-refractivity contribution in [3.8, 4) is 5.75 Å². The standard InChI is InChI=1S/C15H23NO3S/c1-19-14-9-5-6-10-15(14)20(17,18)11-13(16)12-7-3-2-4-8-12/h5-6,9-10,12-13H,2-4,7-8,11,16H2,1H3. The van der Waals surface area contributed by atoms with Crippen molar-refractivity contribution in [2.75, 3.05) is 12.9 Å². The van der Waals surface area contributed by atoms with E-state index in [0.29, 0.717) is 11.7 Å². The molecule has 1 saturated carbocycles. The third-order valence-corrected chi connectivity index (χ3v) is 5.90. The normalized spacial score (nSPS) is 18.7. The summed E-state index contributed by atoms with van der Waals surface area (Å²) in [4.78, 5) is 0.244. The Morgan fingerprint density at radius 1 is 1.25 bits per heavy atom. The molecule has 0 radical (unpaired) electrons. The molecule has 1 unspecified atom stereocenters. The van der Waals surface area contributed by atoms with Gasteiger partial charge in [0.05, 0.1) is 12.9 Å². The average Bonchev–Trinajstić information content (AvgIpc) is 2.47. The van der Waals surface area contributed by atoms with Crippen molar-refractivity contribution in [2.45, 2.75) is 43.0 Å². The van der Waals surface area contributed by atoms with Gasteiger partial charge in [0.2, 0.25) is 0 Å². The Kier molecular flexibility index (Phi) is 5.05. The van der Waals surface area contributed by atoms with Crippen molar-refractivity contribution < 1.29 is 13.2 Å². The molecule has 4 nitrogen and oxygen atoms in total. The summed E-state index contributed by atoms with van der Waals surface area (Å²) in [5.41, 5.74) is 6.14. The Hall–Kier alpha value is -1.07. The fourth-order valence-corrected chi connectivity index (χ4v) is 4.62. The molecule has 1 aliphatic rings. The number of nitrogens with two attached hydrogens (primary N) is 1. The minimum atomic E-state index is -3.40. The molecule has 0 aromatic heterocycles. The Balaban J connectivity index is 2.14. The molecule has 1 aromatic carbocycles. The lowest BCUT2D eigenvalue weighted by atomic mass is 9.85. The van der Waals surface area contributed by atoms with E-state index in [4.69, 9.17) is 10.5 Å². The molecule has 0 bridgehead atoms. The molecule has 20 heavy (non-hydrogen) atoms. The van der Waals surface area contributed by atoms with E-state index in [2.05, 4.69) is 0 Å². The quantitative estimate of drug-likeness (QED) is 0.906. The van der Waals surface area contributed by atoms with E-state index in [1.807, 2.05) is 0 Å². The van der Waals surface area contributed by atoms with E-state index in [0.717, 1.165) is 25.7 Å². The van der Waals surface area contributed by atoms with Crippen molar-refractivity contribution in [3.63, 3.8) is 0 Å². The van der Waals surface area contributed by atoms with Crippen molar-refractivity contribution in [1.29, 1.82) is 0 Å². The van der Waals surface area contributed by atoms with Crippen molar-refractivity contribution in [3.05, 3.63) is 24.3 Å². The molecule has 0 heterocycles. The third-order valence-electron chi connectivity index (χ3n) is 4.07. The highest BCUT2D eigenvalue weighted by Crippen LogP contribution is 2.29. The van der Waals surface area contributed by atoms with Gasteiger partial charge < -0.3 is 10.5 Å². The predicted molar refractivity (Wildman–Crippen MR) is 79.6 cm³/mol. The molecule has 0 spiro atoms. The van der Waals surface area contributed by atoms with Crippen molar-refractivity contribution in [2.24, 2.45) is 11.7 Å². The molecule has 0 amide bonds. The largest absolute Gasteiger partial charge is 0.495 e. The zero-order valence-corrected chi connectivity index (χ0v) is 12.7. The second-order valence-electron chi connectivity index (χ2n) is 5.49. The Labute approximate surface area is 121 Å². The first-order valence-corrected chi connectivity index (χ1v) is 8.81. The second-order valence-corrected chi connectivity index (χ2v) is 7.50. The minimum absolute atomic E-state index is 0.00194. The molecule has 0 aliphatic heterocycles. The highest BCUT2D eigenvalue weighted by atomic mass is 32.2. The number of para-hydroxylation sites is 1. The van der Waals surface area contributed by atoms with E-state index in [9.17, 15) is 8.42 Å². The van der Waals surface area contributed by atoms with Gasteiger partial charge in [-0.05, 0) is 30.9 Å². The minimum Gasteiger partial charge on any atom is -0.495 e. The predicted octanol–water partition coefficient (Wildman–Crippen LogP) is 2.38. The summed E-state index contributed by atoms with van der Waals surface area (Å²) < 4.78 is 30.1. The van der Waals surface area contributed by atoms with Gasteiger partial charge in [-0.2, -0.15) is 0 Å². The van der Waals surface area contributed by atoms with Gasteiger partial charge in [0.15, 0.2) is 9.84 Å². The van der Waals surface area contributed by atoms with Crippen LogP contribution in [0.3, 0.4) is 0 Å². The third kappa shape index (κ3) is 3.52. The van der Waals surface area contributed by atoms with Gasteiger partial charge >= 0.3 is 0 Å². The van der Waals surface area contributed by atoms with Crippen LogP contribution in [0.4, 0.5) is 0 Å². The number of hydrogen-bond donors (Lipinski definition) is 1. The Bertz CT molecular complexity index is 536. The summed E-state index contributed by atoms with van der Waals surface area (Å²) in [6.07, 6.45) is 5.65. The van der Waals surface area contributed by atoms with E-state index in [-0.39, 0.29) is 16.7 Å². The Morgan fingerprint density at radius 2 is 1.90 bits per heavy atom. The van der Waals surface area contributed by atoms with Gasteiger partial charge in [-0.3, -0.25) is 0 Å². The molecule has 0 saturated heterocycles. The zero-order valence-electron chi connectivity index (χ0n) is 11.9. The summed E-state index contributed by atoms with van der Waals surface area (Å²) in [6, 6.07) is 6.44. The van der Waals surface area contributed by atoms with Gasteiger partial charge in [-0.1, -0.05) is 31.4 Å². The molecular formula is C15H23NO3S. The number of hydrogen-bond acceptors (Lipinski definition) is 4. The van der Waals surface area contributed by atoms with Crippen LogP contribution in [0.25, 0.3) is 0 Å². The lowest BCUT2D eigenvalue weighted by molar-refractivity contribution is 0.317. The summed E-state index contributed by atoms with van der Waals surface area (Å²) in [7, 11) is -1.92. The van der Waals surface area contributed by atoms with E-state index in [1.165, 1.54) is 13.5 Å². The van der Waals surface area contributed by atoms with Gasteiger partial charge in [-0.25, -0.2) is 8.42 Å².